The number of nitrogens with zero attached hydrogens (tertiary/aromatic N) is 1. The summed E-state index contributed by atoms with van der Waals surface area (Å²) in [5.74, 6) is 0.148. The van der Waals surface area contributed by atoms with Crippen LogP contribution in [-0.2, 0) is 11.2 Å². The Balaban J connectivity index is 2.45. The predicted molar refractivity (Wildman–Crippen MR) is 69.7 cm³/mol. The summed E-state index contributed by atoms with van der Waals surface area (Å²) in [6, 6.07) is 6.54. The number of rotatable bonds is 1. The molecule has 0 bridgehead atoms. The standard InChI is InChI=1S/C13H16BrNO/c1-3-12-6-4-10-8-11(14)5-7-13(10)15(12)9(2)16/h5,7-8,12H,3-4,6H2,1-2H3/t12-/m0/s1. The van der Waals surface area contributed by atoms with E-state index in [1.165, 1.54) is 5.56 Å². The van der Waals surface area contributed by atoms with Crippen LogP contribution >= 0.6 is 15.9 Å². The van der Waals surface area contributed by atoms with Gasteiger partial charge < -0.3 is 4.90 Å². The number of carbonyl (C=O) groups is 1. The van der Waals surface area contributed by atoms with Gasteiger partial charge >= 0.3 is 0 Å². The Hall–Kier alpha value is -0.830. The molecule has 2 rings (SSSR count). The predicted octanol–water partition coefficient (Wildman–Crippen LogP) is 3.53. The first kappa shape index (κ1) is 11.6. The molecular formula is C13H16BrNO. The molecule has 0 aromatic heterocycles. The molecule has 0 unspecified atom stereocenters. The fraction of sp³-hybridized carbons (Fsp3) is 0.462. The molecule has 1 atom stereocenters. The van der Waals surface area contributed by atoms with Gasteiger partial charge in [0.25, 0.3) is 0 Å². The Morgan fingerprint density at radius 3 is 2.94 bits per heavy atom. The largest absolute Gasteiger partial charge is 0.309 e. The van der Waals surface area contributed by atoms with Crippen molar-refractivity contribution in [3.63, 3.8) is 0 Å². The third-order valence-corrected chi connectivity index (χ3v) is 3.72. The van der Waals surface area contributed by atoms with E-state index in [-0.39, 0.29) is 5.91 Å². The molecule has 16 heavy (non-hydrogen) atoms. The molecule has 1 aliphatic heterocycles. The van der Waals surface area contributed by atoms with Crippen LogP contribution in [0.25, 0.3) is 0 Å². The smallest absolute Gasteiger partial charge is 0.224 e. The van der Waals surface area contributed by atoms with E-state index in [1.807, 2.05) is 17.0 Å². The highest BCUT2D eigenvalue weighted by atomic mass is 79.9. The third-order valence-electron chi connectivity index (χ3n) is 3.22. The minimum absolute atomic E-state index is 0.148. The Labute approximate surface area is 105 Å². The van der Waals surface area contributed by atoms with E-state index in [9.17, 15) is 4.79 Å². The summed E-state index contributed by atoms with van der Waals surface area (Å²) in [6.45, 7) is 3.80. The van der Waals surface area contributed by atoms with Crippen molar-refractivity contribution < 1.29 is 4.79 Å². The van der Waals surface area contributed by atoms with E-state index >= 15 is 0 Å². The Morgan fingerprint density at radius 2 is 2.31 bits per heavy atom. The van der Waals surface area contributed by atoms with Gasteiger partial charge in [0.2, 0.25) is 5.91 Å². The molecule has 2 nitrogen and oxygen atoms in total. The zero-order valence-electron chi connectivity index (χ0n) is 9.66. The average Bonchev–Trinajstić information content (AvgIpc) is 2.26. The molecule has 3 heteroatoms. The molecule has 1 aliphatic rings. The Morgan fingerprint density at radius 1 is 1.56 bits per heavy atom. The van der Waals surface area contributed by atoms with Crippen molar-refractivity contribution in [1.29, 1.82) is 0 Å². The number of hydrogen-bond acceptors (Lipinski definition) is 1. The summed E-state index contributed by atoms with van der Waals surface area (Å²) in [5, 5.41) is 0. The van der Waals surface area contributed by atoms with Crippen LogP contribution in [0.5, 0.6) is 0 Å². The molecular weight excluding hydrogens is 266 g/mol. The van der Waals surface area contributed by atoms with E-state index in [4.69, 9.17) is 0 Å². The van der Waals surface area contributed by atoms with Crippen LogP contribution in [0.3, 0.4) is 0 Å². The lowest BCUT2D eigenvalue weighted by Gasteiger charge is -2.36. The first-order chi connectivity index (χ1) is 7.63. The van der Waals surface area contributed by atoms with Crippen molar-refractivity contribution in [3.8, 4) is 0 Å². The lowest BCUT2D eigenvalue weighted by Crippen LogP contribution is -2.42. The van der Waals surface area contributed by atoms with Crippen molar-refractivity contribution >= 4 is 27.5 Å². The number of fused-ring (bicyclic) bond motifs is 1. The zero-order chi connectivity index (χ0) is 11.7. The molecule has 0 aliphatic carbocycles. The molecule has 1 aromatic rings. The second-order valence-corrected chi connectivity index (χ2v) is 5.18. The van der Waals surface area contributed by atoms with Gasteiger partial charge in [-0.05, 0) is 43.0 Å². The van der Waals surface area contributed by atoms with Gasteiger partial charge in [-0.25, -0.2) is 0 Å². The highest BCUT2D eigenvalue weighted by Crippen LogP contribution is 2.33. The van der Waals surface area contributed by atoms with Gasteiger partial charge in [-0.15, -0.1) is 0 Å². The van der Waals surface area contributed by atoms with Gasteiger partial charge in [0, 0.05) is 23.1 Å². The maximum atomic E-state index is 11.7. The second-order valence-electron chi connectivity index (χ2n) is 4.26. The van der Waals surface area contributed by atoms with Crippen molar-refractivity contribution in [3.05, 3.63) is 28.2 Å². The minimum Gasteiger partial charge on any atom is -0.309 e. The number of hydrogen-bond donors (Lipinski definition) is 0. The summed E-state index contributed by atoms with van der Waals surface area (Å²) in [5.41, 5.74) is 2.36. The van der Waals surface area contributed by atoms with E-state index in [0.717, 1.165) is 29.4 Å². The monoisotopic (exact) mass is 281 g/mol. The van der Waals surface area contributed by atoms with Crippen LogP contribution in [0.4, 0.5) is 5.69 Å². The number of benzene rings is 1. The van der Waals surface area contributed by atoms with Gasteiger partial charge in [-0.3, -0.25) is 4.79 Å². The average molecular weight is 282 g/mol. The third kappa shape index (κ3) is 2.01. The van der Waals surface area contributed by atoms with E-state index in [2.05, 4.69) is 28.9 Å². The van der Waals surface area contributed by atoms with Crippen LogP contribution in [0.2, 0.25) is 0 Å². The first-order valence-corrected chi connectivity index (χ1v) is 6.51. The maximum Gasteiger partial charge on any atom is 0.224 e. The van der Waals surface area contributed by atoms with Crippen LogP contribution in [0.1, 0.15) is 32.3 Å². The highest BCUT2D eigenvalue weighted by Gasteiger charge is 2.27. The molecule has 0 saturated heterocycles. The van der Waals surface area contributed by atoms with Crippen LogP contribution < -0.4 is 4.90 Å². The zero-order valence-corrected chi connectivity index (χ0v) is 11.3. The molecule has 0 fully saturated rings. The fourth-order valence-electron chi connectivity index (χ4n) is 2.45. The normalized spacial score (nSPS) is 19.4. The fourth-order valence-corrected chi connectivity index (χ4v) is 2.86. The van der Waals surface area contributed by atoms with Gasteiger partial charge in [-0.2, -0.15) is 0 Å². The number of halogens is 1. The number of amides is 1. The van der Waals surface area contributed by atoms with Crippen molar-refractivity contribution in [1.82, 2.24) is 0 Å². The number of anilines is 1. The number of carbonyl (C=O) groups excluding carboxylic acids is 1. The maximum absolute atomic E-state index is 11.7. The van der Waals surface area contributed by atoms with Gasteiger partial charge in [0.1, 0.15) is 0 Å². The van der Waals surface area contributed by atoms with E-state index in [0.29, 0.717) is 6.04 Å². The Bertz CT molecular complexity index is 416. The van der Waals surface area contributed by atoms with Gasteiger partial charge in [-0.1, -0.05) is 22.9 Å². The highest BCUT2D eigenvalue weighted by molar-refractivity contribution is 9.10. The molecule has 1 heterocycles. The minimum atomic E-state index is 0.148. The van der Waals surface area contributed by atoms with Crippen LogP contribution in [-0.4, -0.2) is 11.9 Å². The van der Waals surface area contributed by atoms with Crippen LogP contribution in [0, 0.1) is 0 Å². The molecule has 0 radical (unpaired) electrons. The van der Waals surface area contributed by atoms with Crippen molar-refractivity contribution in [2.45, 2.75) is 39.2 Å². The van der Waals surface area contributed by atoms with E-state index < -0.39 is 0 Å². The lowest BCUT2D eigenvalue weighted by atomic mass is 9.94. The topological polar surface area (TPSA) is 20.3 Å². The summed E-state index contributed by atoms with van der Waals surface area (Å²) >= 11 is 3.48. The molecule has 86 valence electrons. The van der Waals surface area contributed by atoms with Gasteiger partial charge in [0.05, 0.1) is 0 Å². The van der Waals surface area contributed by atoms with E-state index in [1.54, 1.807) is 6.92 Å². The molecule has 0 saturated carbocycles. The molecule has 1 amide bonds. The van der Waals surface area contributed by atoms with Crippen molar-refractivity contribution in [2.24, 2.45) is 0 Å². The summed E-state index contributed by atoms with van der Waals surface area (Å²) in [6.07, 6.45) is 3.16. The van der Waals surface area contributed by atoms with Gasteiger partial charge in [0.15, 0.2) is 0 Å². The SMILES string of the molecule is CC[C@H]1CCc2cc(Br)ccc2N1C(C)=O. The first-order valence-electron chi connectivity index (χ1n) is 5.71. The Kier molecular flexibility index (Phi) is 3.33. The second kappa shape index (κ2) is 4.58. The molecule has 0 spiro atoms. The number of aryl methyl sites for hydroxylation is 1. The summed E-state index contributed by atoms with van der Waals surface area (Å²) in [4.78, 5) is 13.7. The lowest BCUT2D eigenvalue weighted by molar-refractivity contribution is -0.117. The molecule has 1 aromatic carbocycles. The quantitative estimate of drug-likeness (QED) is 0.771. The summed E-state index contributed by atoms with van der Waals surface area (Å²) in [7, 11) is 0. The summed E-state index contributed by atoms with van der Waals surface area (Å²) < 4.78 is 1.09. The van der Waals surface area contributed by atoms with Crippen LogP contribution in [0.15, 0.2) is 22.7 Å². The van der Waals surface area contributed by atoms with Crippen molar-refractivity contribution in [2.75, 3.05) is 4.90 Å². The molecule has 0 N–H and O–H groups in total.